The molecule has 4 aromatic carbocycles. The van der Waals surface area contributed by atoms with Crippen LogP contribution in [0.1, 0.15) is 105 Å². The van der Waals surface area contributed by atoms with Crippen LogP contribution in [0, 0.1) is 0 Å². The maximum Gasteiger partial charge on any atom is 0.328 e. The molecule has 0 radical (unpaired) electrons. The molecule has 0 heterocycles. The predicted octanol–water partition coefficient (Wildman–Crippen LogP) is 8.38. The summed E-state index contributed by atoms with van der Waals surface area (Å²) < 4.78 is 18.5. The summed E-state index contributed by atoms with van der Waals surface area (Å²) in [5, 5.41) is 17.8. The van der Waals surface area contributed by atoms with Crippen LogP contribution in [-0.2, 0) is 87.8 Å². The third-order valence-corrected chi connectivity index (χ3v) is 10.7. The van der Waals surface area contributed by atoms with Gasteiger partial charge in [-0.1, -0.05) is 177 Å². The fraction of sp³-hybridized carbons (Fsp3) is 0.514. The number of halogens is 1. The Morgan fingerprint density at radius 1 is 0.379 bits per heavy atom. The van der Waals surface area contributed by atoms with Crippen molar-refractivity contribution in [2.24, 2.45) is 4.99 Å². The first-order chi connectivity index (χ1) is 48.6. The van der Waals surface area contributed by atoms with E-state index in [-0.39, 0.29) is 35.7 Å². The van der Waals surface area contributed by atoms with Crippen LogP contribution in [0.3, 0.4) is 0 Å². The number of nitrogens with zero attached hydrogens (tertiary/aromatic N) is 5. The van der Waals surface area contributed by atoms with Gasteiger partial charge in [0.05, 0.1) is 28.4 Å². The lowest BCUT2D eigenvalue weighted by Gasteiger charge is -2.16. The molecule has 0 spiro atoms. The Morgan fingerprint density at radius 2 is 0.544 bits per heavy atom. The van der Waals surface area contributed by atoms with E-state index in [0.717, 1.165) is 22.3 Å². The number of nitrogens with one attached hydrogen (secondary N) is 7. The largest absolute Gasteiger partial charge is 0.467 e. The molecule has 4 aromatic rings. The summed E-state index contributed by atoms with van der Waals surface area (Å²) in [6, 6.07) is 35.4. The molecule has 29 heteroatoms. The van der Waals surface area contributed by atoms with Gasteiger partial charge in [0.1, 0.15) is 24.2 Å². The first kappa shape index (κ1) is 114. The Bertz CT molecular complexity index is 2480. The Kier molecular flexibility index (Phi) is 92.2. The number of amides is 9. The van der Waals surface area contributed by atoms with Crippen LogP contribution >= 0.6 is 11.6 Å². The second kappa shape index (κ2) is 82.9. The summed E-state index contributed by atoms with van der Waals surface area (Å²) in [5.41, 5.74) is 3.91. The van der Waals surface area contributed by atoms with Crippen molar-refractivity contribution in [3.8, 4) is 0 Å². The standard InChI is InChI=1S/4C12H15NO3.C5H12N2O.C4H10N2O.C3H6ClNO.C2H3NO.2C2H7N.4C2H6/c4*1-9(14)13-11(12(15)16-2)8-10-6-4-3-5-7-10;1-6(2)5(8)7(3)4;1-5-4(7)6(2)3;1-5(2)3(4)6;1-3-2-4;2*1-3-2;4*1-2/h4*3-7,11H,8H2,1-2H3,(H,13,14);1-4H3;1-3H3,(H,5,7);1-2H3;1H3;2*3H,1-2H3;4*1-2H3. The summed E-state index contributed by atoms with van der Waals surface area (Å²) in [7, 11) is 29.2. The van der Waals surface area contributed by atoms with Crippen molar-refractivity contribution >= 4 is 82.6 Å². The van der Waals surface area contributed by atoms with Crippen molar-refractivity contribution < 1.29 is 76.5 Å². The van der Waals surface area contributed by atoms with Crippen molar-refractivity contribution in [1.82, 2.24) is 56.8 Å². The molecule has 103 heavy (non-hydrogen) atoms. The molecule has 0 bridgehead atoms. The van der Waals surface area contributed by atoms with Gasteiger partial charge in [-0.3, -0.25) is 24.0 Å². The topological polar surface area (TPSA) is 351 Å². The molecule has 0 saturated heterocycles. The van der Waals surface area contributed by atoms with Crippen molar-refractivity contribution in [2.75, 3.05) is 127 Å². The molecular formula is C74H129ClN12O16. The number of methoxy groups -OCH3 is 4. The minimum Gasteiger partial charge on any atom is -0.467 e. The van der Waals surface area contributed by atoms with Crippen LogP contribution in [0.4, 0.5) is 14.4 Å². The molecule has 0 aliphatic rings. The van der Waals surface area contributed by atoms with Crippen LogP contribution in [0.15, 0.2) is 126 Å². The normalized spacial score (nSPS) is 9.62. The van der Waals surface area contributed by atoms with Gasteiger partial charge in [-0.2, -0.15) is 0 Å². The molecule has 4 unspecified atom stereocenters. The minimum absolute atomic E-state index is 0.0185. The number of hydrogen-bond donors (Lipinski definition) is 7. The van der Waals surface area contributed by atoms with Gasteiger partial charge in [0, 0.05) is 124 Å². The number of carbonyl (C=O) groups is 11. The third kappa shape index (κ3) is 79.4. The van der Waals surface area contributed by atoms with Gasteiger partial charge in [0.15, 0.2) is 0 Å². The summed E-state index contributed by atoms with van der Waals surface area (Å²) in [6.07, 6.45) is 3.06. The van der Waals surface area contributed by atoms with E-state index in [9.17, 15) is 52.7 Å². The average Bonchev–Trinajstić information content (AvgIpc) is 0.923. The summed E-state index contributed by atoms with van der Waals surface area (Å²) in [6.45, 7) is 21.5. The summed E-state index contributed by atoms with van der Waals surface area (Å²) in [5.74, 6) is -2.70. The van der Waals surface area contributed by atoms with E-state index >= 15 is 0 Å². The van der Waals surface area contributed by atoms with Gasteiger partial charge in [0.25, 0.3) is 0 Å². The SMILES string of the molecule is CC.CC.CC.CC.CN(C)C(=O)Cl.CN(C)C(=O)N(C)C.CN=C=O.CNC.CNC.CNC(=O)N(C)C.COC(=O)C(Cc1ccccc1)NC(C)=O.COC(=O)C(Cc1ccccc1)NC(C)=O.COC(=O)C(Cc1ccccc1)NC(C)=O.COC(=O)C(Cc1ccccc1)NC(C)=O. The van der Waals surface area contributed by atoms with E-state index in [1.54, 1.807) is 63.4 Å². The highest BCUT2D eigenvalue weighted by Gasteiger charge is 2.23. The molecule has 0 aliphatic heterocycles. The number of isocyanates is 1. The van der Waals surface area contributed by atoms with Gasteiger partial charge in [-0.15, -0.1) is 0 Å². The van der Waals surface area contributed by atoms with Crippen LogP contribution in [0.5, 0.6) is 0 Å². The molecule has 0 aromatic heterocycles. The van der Waals surface area contributed by atoms with Gasteiger partial charge in [-0.25, -0.2) is 38.6 Å². The third-order valence-electron chi connectivity index (χ3n) is 10.4. The Labute approximate surface area is 621 Å². The second-order valence-corrected chi connectivity index (χ2v) is 20.2. The van der Waals surface area contributed by atoms with E-state index < -0.39 is 53.4 Å². The molecule has 0 aliphatic carbocycles. The van der Waals surface area contributed by atoms with E-state index in [4.69, 9.17) is 16.4 Å². The zero-order valence-corrected chi connectivity index (χ0v) is 68.1. The lowest BCUT2D eigenvalue weighted by atomic mass is 10.1. The van der Waals surface area contributed by atoms with Crippen molar-refractivity contribution in [2.45, 2.75) is 133 Å². The number of rotatable bonds is 16. The monoisotopic (exact) mass is 1480 g/mol. The minimum atomic E-state index is -0.620. The number of aliphatic imine (C=N–C) groups is 1. The first-order valence-corrected chi connectivity index (χ1v) is 33.4. The van der Waals surface area contributed by atoms with Crippen LogP contribution in [-0.4, -0.2) is 242 Å². The number of hydrogen-bond acceptors (Lipinski definition) is 19. The molecule has 9 amide bonds. The highest BCUT2D eigenvalue weighted by Crippen LogP contribution is 2.08. The zero-order chi connectivity index (χ0) is 82.4. The van der Waals surface area contributed by atoms with Crippen molar-refractivity contribution in [3.05, 3.63) is 144 Å². The second-order valence-electron chi connectivity index (χ2n) is 19.8. The highest BCUT2D eigenvalue weighted by atomic mass is 35.5. The quantitative estimate of drug-likeness (QED) is 0.0138. The fourth-order valence-corrected chi connectivity index (χ4v) is 6.35. The number of urea groups is 2. The van der Waals surface area contributed by atoms with Crippen LogP contribution < -0.4 is 37.2 Å². The molecule has 588 valence electrons. The average molecular weight is 1480 g/mol. The van der Waals surface area contributed by atoms with Crippen LogP contribution in [0.25, 0.3) is 0 Å². The molecule has 0 fully saturated rings. The Balaban J connectivity index is -0.000000120. The summed E-state index contributed by atoms with van der Waals surface area (Å²) in [4.78, 5) is 138. The first-order valence-electron chi connectivity index (χ1n) is 33.0. The molecule has 7 N–H and O–H groups in total. The van der Waals surface area contributed by atoms with Crippen molar-refractivity contribution in [1.29, 1.82) is 0 Å². The van der Waals surface area contributed by atoms with Gasteiger partial charge < -0.3 is 75.8 Å². The van der Waals surface area contributed by atoms with E-state index in [1.807, 2.05) is 205 Å². The van der Waals surface area contributed by atoms with E-state index in [1.165, 1.54) is 88.9 Å². The maximum absolute atomic E-state index is 11.4. The number of carbonyl (C=O) groups excluding carboxylic acids is 12. The lowest BCUT2D eigenvalue weighted by Crippen LogP contribution is -2.41. The summed E-state index contributed by atoms with van der Waals surface area (Å²) >= 11 is 4.90. The number of ether oxygens (including phenoxy) is 4. The van der Waals surface area contributed by atoms with Crippen molar-refractivity contribution in [3.63, 3.8) is 0 Å². The fourth-order valence-electron chi connectivity index (χ4n) is 6.35. The Hall–Kier alpha value is -9.76. The predicted molar refractivity (Wildman–Crippen MR) is 414 cm³/mol. The van der Waals surface area contributed by atoms with E-state index in [2.05, 4.69) is 61.2 Å². The smallest absolute Gasteiger partial charge is 0.328 e. The Morgan fingerprint density at radius 3 is 0.621 bits per heavy atom. The number of benzene rings is 4. The van der Waals surface area contributed by atoms with E-state index in [0.29, 0.717) is 25.7 Å². The molecule has 28 nitrogen and oxygen atoms in total. The lowest BCUT2D eigenvalue weighted by molar-refractivity contribution is -0.145. The maximum atomic E-state index is 11.4. The highest BCUT2D eigenvalue weighted by molar-refractivity contribution is 6.62. The van der Waals surface area contributed by atoms with Crippen LogP contribution in [0.2, 0.25) is 0 Å². The number of esters is 4. The molecule has 4 rings (SSSR count). The van der Waals surface area contributed by atoms with Gasteiger partial charge in [-0.05, 0) is 62.0 Å². The van der Waals surface area contributed by atoms with Gasteiger partial charge >= 0.3 is 41.3 Å². The zero-order valence-electron chi connectivity index (χ0n) is 67.3. The van der Waals surface area contributed by atoms with Gasteiger partial charge in [0.2, 0.25) is 29.7 Å². The molecule has 0 saturated carbocycles. The molecule has 4 atom stereocenters. The molecular weight excluding hydrogens is 1350 g/mol.